The van der Waals surface area contributed by atoms with E-state index in [0.29, 0.717) is 16.8 Å². The number of rotatable bonds is 3. The summed E-state index contributed by atoms with van der Waals surface area (Å²) in [6, 6.07) is 4.47. The van der Waals surface area contributed by atoms with Crippen LogP contribution < -0.4 is 16.0 Å². The molecule has 0 aliphatic heterocycles. The largest absolute Gasteiger partial charge is 0.355 e. The molecule has 0 atom stereocenters. The number of carbonyl (C=O) groups excluding carboxylic acids is 3. The van der Waals surface area contributed by atoms with Crippen LogP contribution in [-0.4, -0.2) is 31.8 Å². The summed E-state index contributed by atoms with van der Waals surface area (Å²) in [5.74, 6) is -0.924. The van der Waals surface area contributed by atoms with Crippen LogP contribution in [0.15, 0.2) is 18.2 Å². The maximum Gasteiger partial charge on any atom is 0.251 e. The Hall–Kier alpha value is -2.37. The smallest absolute Gasteiger partial charge is 0.251 e. The maximum absolute atomic E-state index is 11.6. The van der Waals surface area contributed by atoms with Crippen molar-refractivity contribution in [2.24, 2.45) is 0 Å². The molecule has 0 unspecified atom stereocenters. The standard InChI is InChI=1S/C12H15N3O3/c1-7(16)15-10-5-8(11(17)13-2)4-9(6-10)12(18)14-3/h4-6H,1-3H3,(H,13,17)(H,14,18)(H,15,16). The Morgan fingerprint density at radius 3 is 1.67 bits per heavy atom. The Morgan fingerprint density at radius 1 is 0.889 bits per heavy atom. The summed E-state index contributed by atoms with van der Waals surface area (Å²) in [6.45, 7) is 1.35. The van der Waals surface area contributed by atoms with Crippen LogP contribution in [0.4, 0.5) is 5.69 Å². The lowest BCUT2D eigenvalue weighted by atomic mass is 10.1. The first-order valence-corrected chi connectivity index (χ1v) is 5.34. The zero-order valence-electron chi connectivity index (χ0n) is 10.5. The number of benzene rings is 1. The van der Waals surface area contributed by atoms with Gasteiger partial charge in [0.15, 0.2) is 0 Å². The first-order valence-electron chi connectivity index (χ1n) is 5.34. The van der Waals surface area contributed by atoms with Crippen molar-refractivity contribution < 1.29 is 14.4 Å². The lowest BCUT2D eigenvalue weighted by molar-refractivity contribution is -0.114. The summed E-state index contributed by atoms with van der Waals surface area (Å²) in [5, 5.41) is 7.47. The van der Waals surface area contributed by atoms with E-state index in [0.717, 1.165) is 0 Å². The van der Waals surface area contributed by atoms with E-state index >= 15 is 0 Å². The van der Waals surface area contributed by atoms with Crippen LogP contribution in [-0.2, 0) is 4.79 Å². The molecule has 0 radical (unpaired) electrons. The Bertz CT molecular complexity index is 463. The Kier molecular flexibility index (Phi) is 4.42. The molecule has 6 heteroatoms. The molecule has 96 valence electrons. The number of amides is 3. The second kappa shape index (κ2) is 5.81. The molecule has 0 spiro atoms. The molecular formula is C12H15N3O3. The van der Waals surface area contributed by atoms with Gasteiger partial charge in [0.05, 0.1) is 0 Å². The molecule has 0 saturated carbocycles. The molecule has 18 heavy (non-hydrogen) atoms. The van der Waals surface area contributed by atoms with Crippen LogP contribution in [0.5, 0.6) is 0 Å². The molecule has 0 aliphatic carbocycles. The van der Waals surface area contributed by atoms with Crippen LogP contribution in [0, 0.1) is 0 Å². The van der Waals surface area contributed by atoms with Crippen molar-refractivity contribution in [3.05, 3.63) is 29.3 Å². The monoisotopic (exact) mass is 249 g/mol. The second-order valence-corrected chi connectivity index (χ2v) is 3.64. The molecule has 0 bridgehead atoms. The minimum Gasteiger partial charge on any atom is -0.355 e. The van der Waals surface area contributed by atoms with Crippen molar-refractivity contribution in [2.75, 3.05) is 19.4 Å². The van der Waals surface area contributed by atoms with Gasteiger partial charge in [-0.1, -0.05) is 0 Å². The highest BCUT2D eigenvalue weighted by molar-refractivity contribution is 6.02. The lowest BCUT2D eigenvalue weighted by Gasteiger charge is -2.08. The third kappa shape index (κ3) is 3.31. The Balaban J connectivity index is 3.23. The fourth-order valence-electron chi connectivity index (χ4n) is 1.45. The number of anilines is 1. The predicted molar refractivity (Wildman–Crippen MR) is 67.5 cm³/mol. The molecule has 0 fully saturated rings. The summed E-state index contributed by atoms with van der Waals surface area (Å²) in [4.78, 5) is 34.1. The van der Waals surface area contributed by atoms with Gasteiger partial charge in [0.2, 0.25) is 5.91 Å². The number of hydrogen-bond donors (Lipinski definition) is 3. The van der Waals surface area contributed by atoms with Gasteiger partial charge in [-0.2, -0.15) is 0 Å². The third-order valence-corrected chi connectivity index (χ3v) is 2.23. The molecular weight excluding hydrogens is 234 g/mol. The molecule has 3 N–H and O–H groups in total. The molecule has 0 heterocycles. The molecule has 1 aromatic carbocycles. The molecule has 0 aromatic heterocycles. The quantitative estimate of drug-likeness (QED) is 0.723. The van der Waals surface area contributed by atoms with E-state index in [4.69, 9.17) is 0 Å². The highest BCUT2D eigenvalue weighted by Crippen LogP contribution is 2.15. The molecule has 3 amide bonds. The minimum absolute atomic E-state index is 0.271. The normalized spacial score (nSPS) is 9.50. The average Bonchev–Trinajstić information content (AvgIpc) is 2.35. The van der Waals surface area contributed by atoms with Crippen molar-refractivity contribution in [1.82, 2.24) is 10.6 Å². The van der Waals surface area contributed by atoms with Gasteiger partial charge in [-0.05, 0) is 18.2 Å². The highest BCUT2D eigenvalue weighted by atomic mass is 16.2. The van der Waals surface area contributed by atoms with Crippen LogP contribution in [0.2, 0.25) is 0 Å². The lowest BCUT2D eigenvalue weighted by Crippen LogP contribution is -2.22. The van der Waals surface area contributed by atoms with Crippen molar-refractivity contribution in [2.45, 2.75) is 6.92 Å². The van der Waals surface area contributed by atoms with Crippen molar-refractivity contribution >= 4 is 23.4 Å². The second-order valence-electron chi connectivity index (χ2n) is 3.64. The van der Waals surface area contributed by atoms with Crippen LogP contribution in [0.1, 0.15) is 27.6 Å². The average molecular weight is 249 g/mol. The third-order valence-electron chi connectivity index (χ3n) is 2.23. The summed E-state index contributed by atoms with van der Waals surface area (Å²) in [7, 11) is 2.99. The summed E-state index contributed by atoms with van der Waals surface area (Å²) in [6.07, 6.45) is 0. The van der Waals surface area contributed by atoms with E-state index < -0.39 is 0 Å². The van der Waals surface area contributed by atoms with E-state index in [1.54, 1.807) is 0 Å². The molecule has 1 aromatic rings. The zero-order chi connectivity index (χ0) is 13.7. The molecule has 6 nitrogen and oxygen atoms in total. The molecule has 0 saturated heterocycles. The van der Waals surface area contributed by atoms with Crippen LogP contribution >= 0.6 is 0 Å². The van der Waals surface area contributed by atoms with Gasteiger partial charge in [0.1, 0.15) is 0 Å². The SMILES string of the molecule is CNC(=O)c1cc(NC(C)=O)cc(C(=O)NC)c1. The minimum atomic E-state index is -0.327. The number of carbonyl (C=O) groups is 3. The zero-order valence-corrected chi connectivity index (χ0v) is 10.5. The Labute approximate surface area is 105 Å². The van der Waals surface area contributed by atoms with Gasteiger partial charge >= 0.3 is 0 Å². The van der Waals surface area contributed by atoms with Crippen LogP contribution in [0.25, 0.3) is 0 Å². The van der Waals surface area contributed by atoms with Gasteiger partial charge in [-0.15, -0.1) is 0 Å². The van der Waals surface area contributed by atoms with E-state index in [1.807, 2.05) is 0 Å². The van der Waals surface area contributed by atoms with E-state index in [2.05, 4.69) is 16.0 Å². The number of hydrogen-bond acceptors (Lipinski definition) is 3. The fraction of sp³-hybridized carbons (Fsp3) is 0.250. The van der Waals surface area contributed by atoms with Gasteiger partial charge in [0.25, 0.3) is 11.8 Å². The van der Waals surface area contributed by atoms with Gasteiger partial charge in [-0.25, -0.2) is 0 Å². The molecule has 1 rings (SSSR count). The summed E-state index contributed by atoms with van der Waals surface area (Å²) >= 11 is 0. The van der Waals surface area contributed by atoms with Gasteiger partial charge < -0.3 is 16.0 Å². The summed E-state index contributed by atoms with van der Waals surface area (Å²) in [5.41, 5.74) is 1.02. The first kappa shape index (κ1) is 13.7. The highest BCUT2D eigenvalue weighted by Gasteiger charge is 2.11. The van der Waals surface area contributed by atoms with Crippen molar-refractivity contribution in [1.29, 1.82) is 0 Å². The fourth-order valence-corrected chi connectivity index (χ4v) is 1.45. The predicted octanol–water partition coefficient (Wildman–Crippen LogP) is 0.364. The topological polar surface area (TPSA) is 87.3 Å². The summed E-state index contributed by atoms with van der Waals surface area (Å²) < 4.78 is 0. The van der Waals surface area contributed by atoms with E-state index in [9.17, 15) is 14.4 Å². The first-order chi connectivity index (χ1) is 8.47. The molecule has 0 aliphatic rings. The van der Waals surface area contributed by atoms with Gasteiger partial charge in [0, 0.05) is 37.8 Å². The maximum atomic E-state index is 11.6. The Morgan fingerprint density at radius 2 is 1.33 bits per heavy atom. The number of nitrogens with one attached hydrogen (secondary N) is 3. The van der Waals surface area contributed by atoms with E-state index in [-0.39, 0.29) is 17.7 Å². The van der Waals surface area contributed by atoms with Crippen LogP contribution in [0.3, 0.4) is 0 Å². The van der Waals surface area contributed by atoms with Crippen molar-refractivity contribution in [3.8, 4) is 0 Å². The van der Waals surface area contributed by atoms with Gasteiger partial charge in [-0.3, -0.25) is 14.4 Å². The van der Waals surface area contributed by atoms with E-state index in [1.165, 1.54) is 39.2 Å². The van der Waals surface area contributed by atoms with Crippen molar-refractivity contribution in [3.63, 3.8) is 0 Å².